The highest BCUT2D eigenvalue weighted by atomic mass is 35.5. The maximum absolute atomic E-state index is 12.7. The Labute approximate surface area is 151 Å². The van der Waals surface area contributed by atoms with Crippen molar-refractivity contribution in [1.29, 1.82) is 0 Å². The largest absolute Gasteiger partial charge is 0.325 e. The number of nitrogens with two attached hydrogens (primary N) is 1. The van der Waals surface area contributed by atoms with Crippen LogP contribution in [0.3, 0.4) is 0 Å². The fourth-order valence-electron chi connectivity index (χ4n) is 2.34. The predicted molar refractivity (Wildman–Crippen MR) is 100 cm³/mol. The van der Waals surface area contributed by atoms with Crippen LogP contribution in [-0.2, 0) is 14.8 Å². The first-order chi connectivity index (χ1) is 10.8. The first-order valence-corrected chi connectivity index (χ1v) is 9.39. The van der Waals surface area contributed by atoms with Crippen molar-refractivity contribution in [2.24, 2.45) is 5.73 Å². The molecule has 0 bridgehead atoms. The maximum atomic E-state index is 12.7. The Morgan fingerprint density at radius 3 is 2.33 bits per heavy atom. The monoisotopic (exact) mass is 377 g/mol. The van der Waals surface area contributed by atoms with E-state index in [-0.39, 0.29) is 23.2 Å². The van der Waals surface area contributed by atoms with Gasteiger partial charge in [-0.15, -0.1) is 12.4 Å². The highest BCUT2D eigenvalue weighted by Gasteiger charge is 2.24. The van der Waals surface area contributed by atoms with Crippen molar-refractivity contribution < 1.29 is 13.2 Å². The number of hydrogen-bond donors (Lipinski definition) is 2. The number of hydrogen-bond acceptors (Lipinski definition) is 4. The second-order valence-electron chi connectivity index (χ2n) is 5.45. The Morgan fingerprint density at radius 2 is 1.83 bits per heavy atom. The molecule has 0 saturated carbocycles. The summed E-state index contributed by atoms with van der Waals surface area (Å²) in [4.78, 5) is 12.2. The number of benzene rings is 1. The quantitative estimate of drug-likeness (QED) is 0.727. The molecule has 0 radical (unpaired) electrons. The highest BCUT2D eigenvalue weighted by Crippen LogP contribution is 2.23. The number of sulfonamides is 1. The van der Waals surface area contributed by atoms with E-state index >= 15 is 0 Å². The minimum atomic E-state index is -3.57. The number of carbonyl (C=O) groups is 1. The summed E-state index contributed by atoms with van der Waals surface area (Å²) in [5.41, 5.74) is 6.87. The van der Waals surface area contributed by atoms with E-state index in [0.29, 0.717) is 30.8 Å². The topological polar surface area (TPSA) is 92.5 Å². The lowest BCUT2D eigenvalue weighted by molar-refractivity contribution is -0.117. The van der Waals surface area contributed by atoms with Gasteiger partial charge >= 0.3 is 0 Å². The lowest BCUT2D eigenvalue weighted by Crippen LogP contribution is -2.35. The molecule has 0 saturated heterocycles. The number of anilines is 1. The molecule has 138 valence electrons. The van der Waals surface area contributed by atoms with Crippen LogP contribution in [0.2, 0.25) is 0 Å². The first-order valence-electron chi connectivity index (χ1n) is 7.95. The molecule has 0 aliphatic heterocycles. The molecule has 24 heavy (non-hydrogen) atoms. The van der Waals surface area contributed by atoms with Gasteiger partial charge < -0.3 is 11.1 Å². The van der Waals surface area contributed by atoms with E-state index in [1.54, 1.807) is 32.9 Å². The van der Waals surface area contributed by atoms with Crippen molar-refractivity contribution in [3.8, 4) is 0 Å². The third-order valence-corrected chi connectivity index (χ3v) is 5.91. The van der Waals surface area contributed by atoms with Gasteiger partial charge in [-0.1, -0.05) is 33.3 Å². The number of amides is 1. The number of nitrogens with one attached hydrogen (secondary N) is 1. The molecule has 0 aliphatic rings. The molecule has 1 amide bonds. The standard InChI is InChI=1S/C16H27N3O3S.ClH/c1-5-8-14(17)16(20)18-13-10-9-12(4)15(11-13)23(21,22)19(6-2)7-3;/h9-11,14H,5-8,17H2,1-4H3,(H,18,20);1H. The predicted octanol–water partition coefficient (Wildman–Crippen LogP) is 2.51. The Morgan fingerprint density at radius 1 is 1.25 bits per heavy atom. The molecule has 1 unspecified atom stereocenters. The van der Waals surface area contributed by atoms with Crippen molar-refractivity contribution in [2.45, 2.75) is 51.5 Å². The van der Waals surface area contributed by atoms with Gasteiger partial charge in [0.05, 0.1) is 10.9 Å². The molecular formula is C16H28ClN3O3S. The fraction of sp³-hybridized carbons (Fsp3) is 0.562. The van der Waals surface area contributed by atoms with E-state index in [4.69, 9.17) is 5.73 Å². The van der Waals surface area contributed by atoms with Crippen LogP contribution >= 0.6 is 12.4 Å². The summed E-state index contributed by atoms with van der Waals surface area (Å²) >= 11 is 0. The van der Waals surface area contributed by atoms with E-state index < -0.39 is 16.1 Å². The van der Waals surface area contributed by atoms with Gasteiger partial charge in [0, 0.05) is 18.8 Å². The second kappa shape index (κ2) is 9.98. The van der Waals surface area contributed by atoms with Crippen LogP contribution in [0, 0.1) is 6.92 Å². The third kappa shape index (κ3) is 5.44. The molecule has 1 aromatic carbocycles. The summed E-state index contributed by atoms with van der Waals surface area (Å²) in [7, 11) is -3.57. The van der Waals surface area contributed by atoms with E-state index in [2.05, 4.69) is 5.32 Å². The zero-order chi connectivity index (χ0) is 17.6. The summed E-state index contributed by atoms with van der Waals surface area (Å²) < 4.78 is 26.7. The van der Waals surface area contributed by atoms with Gasteiger partial charge in [-0.3, -0.25) is 4.79 Å². The van der Waals surface area contributed by atoms with Crippen LogP contribution in [0.4, 0.5) is 5.69 Å². The van der Waals surface area contributed by atoms with Crippen molar-refractivity contribution in [3.05, 3.63) is 23.8 Å². The molecule has 8 heteroatoms. The normalized spacial score (nSPS) is 12.6. The van der Waals surface area contributed by atoms with Gasteiger partial charge in [0.25, 0.3) is 0 Å². The van der Waals surface area contributed by atoms with Gasteiger partial charge in [0.2, 0.25) is 15.9 Å². The molecule has 1 aromatic rings. The van der Waals surface area contributed by atoms with Gasteiger partial charge in [0.1, 0.15) is 0 Å². The molecule has 1 rings (SSSR count). The van der Waals surface area contributed by atoms with Crippen LogP contribution in [0.5, 0.6) is 0 Å². The first kappa shape index (κ1) is 22.9. The van der Waals surface area contributed by atoms with Gasteiger partial charge in [-0.25, -0.2) is 8.42 Å². The van der Waals surface area contributed by atoms with Crippen molar-refractivity contribution in [1.82, 2.24) is 4.31 Å². The minimum Gasteiger partial charge on any atom is -0.325 e. The van der Waals surface area contributed by atoms with Crippen molar-refractivity contribution in [3.63, 3.8) is 0 Å². The average Bonchev–Trinajstić information content (AvgIpc) is 2.50. The number of halogens is 1. The van der Waals surface area contributed by atoms with Crippen LogP contribution in [-0.4, -0.2) is 37.8 Å². The highest BCUT2D eigenvalue weighted by molar-refractivity contribution is 7.89. The maximum Gasteiger partial charge on any atom is 0.243 e. The lowest BCUT2D eigenvalue weighted by atomic mass is 10.1. The minimum absolute atomic E-state index is 0. The second-order valence-corrected chi connectivity index (χ2v) is 7.36. The van der Waals surface area contributed by atoms with Crippen molar-refractivity contribution in [2.75, 3.05) is 18.4 Å². The smallest absolute Gasteiger partial charge is 0.243 e. The molecule has 0 aliphatic carbocycles. The molecule has 0 fully saturated rings. The Bertz CT molecular complexity index is 646. The van der Waals surface area contributed by atoms with Crippen LogP contribution < -0.4 is 11.1 Å². The van der Waals surface area contributed by atoms with Gasteiger partial charge in [-0.2, -0.15) is 4.31 Å². The van der Waals surface area contributed by atoms with Crippen LogP contribution in [0.15, 0.2) is 23.1 Å². The van der Waals surface area contributed by atoms with E-state index in [9.17, 15) is 13.2 Å². The number of aryl methyl sites for hydroxylation is 1. The summed E-state index contributed by atoms with van der Waals surface area (Å²) in [5, 5.41) is 2.69. The van der Waals surface area contributed by atoms with Gasteiger partial charge in [0.15, 0.2) is 0 Å². The third-order valence-electron chi connectivity index (χ3n) is 3.72. The van der Waals surface area contributed by atoms with Crippen LogP contribution in [0.1, 0.15) is 39.2 Å². The van der Waals surface area contributed by atoms with Crippen LogP contribution in [0.25, 0.3) is 0 Å². The van der Waals surface area contributed by atoms with E-state index in [0.717, 1.165) is 6.42 Å². The molecule has 0 spiro atoms. The number of rotatable bonds is 8. The molecule has 3 N–H and O–H groups in total. The number of nitrogens with zero attached hydrogens (tertiary/aromatic N) is 1. The van der Waals surface area contributed by atoms with E-state index in [1.165, 1.54) is 10.4 Å². The summed E-state index contributed by atoms with van der Waals surface area (Å²) in [6.07, 6.45) is 1.40. The molecule has 1 atom stereocenters. The molecule has 0 aromatic heterocycles. The van der Waals surface area contributed by atoms with Crippen molar-refractivity contribution >= 4 is 34.0 Å². The Kier molecular flexibility index (Phi) is 9.50. The lowest BCUT2D eigenvalue weighted by Gasteiger charge is -2.20. The average molecular weight is 378 g/mol. The summed E-state index contributed by atoms with van der Waals surface area (Å²) in [6.45, 7) is 8.09. The van der Waals surface area contributed by atoms with Gasteiger partial charge in [-0.05, 0) is 31.0 Å². The summed E-state index contributed by atoms with van der Waals surface area (Å²) in [5.74, 6) is -0.304. The molecule has 0 heterocycles. The zero-order valence-electron chi connectivity index (χ0n) is 14.7. The molecule has 6 nitrogen and oxygen atoms in total. The fourth-order valence-corrected chi connectivity index (χ4v) is 4.04. The molecular weight excluding hydrogens is 350 g/mol. The SMILES string of the molecule is CCCC(N)C(=O)Nc1ccc(C)c(S(=O)(=O)N(CC)CC)c1.Cl. The Balaban J connectivity index is 0.00000529. The Hall–Kier alpha value is -1.15. The number of carbonyl (C=O) groups excluding carboxylic acids is 1. The van der Waals surface area contributed by atoms with E-state index in [1.807, 2.05) is 6.92 Å². The summed E-state index contributed by atoms with van der Waals surface area (Å²) in [6, 6.07) is 4.29. The zero-order valence-corrected chi connectivity index (χ0v) is 16.3.